The summed E-state index contributed by atoms with van der Waals surface area (Å²) >= 11 is 1.70. The van der Waals surface area contributed by atoms with Crippen LogP contribution in [0.5, 0.6) is 0 Å². The average Bonchev–Trinajstić information content (AvgIpc) is 3.25. The Kier molecular flexibility index (Phi) is 5.55. The van der Waals surface area contributed by atoms with Crippen molar-refractivity contribution in [2.24, 2.45) is 0 Å². The smallest absolute Gasteiger partial charge is 0.255 e. The monoisotopic (exact) mass is 431 g/mol. The van der Waals surface area contributed by atoms with Gasteiger partial charge in [-0.1, -0.05) is 30.3 Å². The third-order valence-corrected chi connectivity index (χ3v) is 7.35. The second kappa shape index (κ2) is 8.63. The highest BCUT2D eigenvalue weighted by Crippen LogP contribution is 2.31. The number of fused-ring (bicyclic) bond motifs is 1. The predicted octanol–water partition coefficient (Wildman–Crippen LogP) is 3.87. The molecule has 1 fully saturated rings. The number of benzene rings is 1. The molecular formula is C25H25N3O2S. The summed E-state index contributed by atoms with van der Waals surface area (Å²) in [5, 5.41) is 4.95. The third kappa shape index (κ3) is 4.00. The topological polar surface area (TPSA) is 62.3 Å². The van der Waals surface area contributed by atoms with E-state index in [0.717, 1.165) is 41.5 Å². The van der Waals surface area contributed by atoms with Crippen LogP contribution in [0.2, 0.25) is 0 Å². The fraction of sp³-hybridized carbons (Fsp3) is 0.320. The number of aromatic nitrogens is 1. The van der Waals surface area contributed by atoms with Crippen LogP contribution < -0.4 is 5.32 Å². The first kappa shape index (κ1) is 19.9. The molecule has 2 amide bonds. The van der Waals surface area contributed by atoms with Gasteiger partial charge in [-0.2, -0.15) is 0 Å². The highest BCUT2D eigenvalue weighted by molar-refractivity contribution is 7.10. The molecule has 1 aromatic carbocycles. The Balaban J connectivity index is 1.37. The van der Waals surface area contributed by atoms with Crippen LogP contribution in [0.4, 0.5) is 0 Å². The minimum atomic E-state index is -0.482. The Bertz CT molecular complexity index is 1090. The molecule has 0 radical (unpaired) electrons. The molecule has 5 nitrogen and oxygen atoms in total. The first-order chi connectivity index (χ1) is 15.2. The molecule has 158 valence electrons. The zero-order valence-corrected chi connectivity index (χ0v) is 18.2. The van der Waals surface area contributed by atoms with Crippen LogP contribution in [0.3, 0.4) is 0 Å². The maximum atomic E-state index is 13.5. The molecule has 3 aromatic rings. The molecule has 0 unspecified atom stereocenters. The van der Waals surface area contributed by atoms with Gasteiger partial charge in [-0.3, -0.25) is 14.6 Å². The first-order valence-corrected chi connectivity index (χ1v) is 11.8. The van der Waals surface area contributed by atoms with Gasteiger partial charge in [0.05, 0.1) is 5.56 Å². The Hall–Kier alpha value is -2.99. The molecule has 2 aromatic heterocycles. The number of amides is 2. The summed E-state index contributed by atoms with van der Waals surface area (Å²) in [6.45, 7) is 1.06. The van der Waals surface area contributed by atoms with Gasteiger partial charge in [0.2, 0.25) is 5.91 Å². The van der Waals surface area contributed by atoms with Crippen LogP contribution >= 0.6 is 11.3 Å². The number of nitrogens with one attached hydrogen (secondary N) is 1. The van der Waals surface area contributed by atoms with Gasteiger partial charge in [-0.25, -0.2) is 0 Å². The van der Waals surface area contributed by atoms with Crippen molar-refractivity contribution >= 4 is 23.2 Å². The number of rotatable bonds is 4. The number of carbonyl (C=O) groups excluding carboxylic acids is 2. The molecule has 31 heavy (non-hydrogen) atoms. The summed E-state index contributed by atoms with van der Waals surface area (Å²) in [6, 6.07) is 11.6. The van der Waals surface area contributed by atoms with E-state index in [1.165, 1.54) is 16.9 Å². The van der Waals surface area contributed by atoms with Crippen LogP contribution in [0.15, 0.2) is 54.2 Å². The van der Waals surface area contributed by atoms with Crippen LogP contribution in [0.1, 0.15) is 39.2 Å². The predicted molar refractivity (Wildman–Crippen MR) is 122 cm³/mol. The lowest BCUT2D eigenvalue weighted by Crippen LogP contribution is -2.58. The third-order valence-electron chi connectivity index (χ3n) is 6.26. The molecule has 0 saturated carbocycles. The standard InChI is InChI=1S/C25H25N3O2S/c29-24-22(14-17-7-9-18(10-8-17)19-4-3-11-26-15-19)28(13-12-27-24)25(30)21-16-31-23-6-2-1-5-20(21)23/h3-4,7-11,15-16,22H,1-2,5-6,12-14H2,(H,27,29)/t22-/m1/s1. The second-order valence-corrected chi connectivity index (χ2v) is 9.17. The largest absolute Gasteiger partial charge is 0.353 e. The number of pyridine rings is 1. The van der Waals surface area contributed by atoms with E-state index in [0.29, 0.717) is 19.5 Å². The quantitative estimate of drug-likeness (QED) is 0.682. The molecule has 6 heteroatoms. The van der Waals surface area contributed by atoms with Gasteiger partial charge in [-0.15, -0.1) is 11.3 Å². The Morgan fingerprint density at radius 1 is 1.13 bits per heavy atom. The number of hydrogen-bond donors (Lipinski definition) is 1. The molecule has 1 aliphatic heterocycles. The minimum absolute atomic E-state index is 0.00577. The first-order valence-electron chi connectivity index (χ1n) is 10.9. The van der Waals surface area contributed by atoms with E-state index in [1.807, 2.05) is 35.8 Å². The van der Waals surface area contributed by atoms with Crippen molar-refractivity contribution in [2.75, 3.05) is 13.1 Å². The van der Waals surface area contributed by atoms with Gasteiger partial charge in [0.15, 0.2) is 0 Å². The molecule has 5 rings (SSSR count). The number of hydrogen-bond acceptors (Lipinski definition) is 4. The highest BCUT2D eigenvalue weighted by atomic mass is 32.1. The maximum absolute atomic E-state index is 13.5. The zero-order chi connectivity index (χ0) is 21.2. The van der Waals surface area contributed by atoms with Crippen molar-refractivity contribution in [3.05, 3.63) is 75.7 Å². The lowest BCUT2D eigenvalue weighted by atomic mass is 9.94. The summed E-state index contributed by atoms with van der Waals surface area (Å²) in [5.41, 5.74) is 5.21. The Morgan fingerprint density at radius 3 is 2.77 bits per heavy atom. The maximum Gasteiger partial charge on any atom is 0.255 e. The number of thiophene rings is 1. The number of carbonyl (C=O) groups is 2. The van der Waals surface area contributed by atoms with Gasteiger partial charge < -0.3 is 10.2 Å². The lowest BCUT2D eigenvalue weighted by Gasteiger charge is -2.35. The van der Waals surface area contributed by atoms with Crippen LogP contribution in [0.25, 0.3) is 11.1 Å². The molecule has 1 N–H and O–H groups in total. The van der Waals surface area contributed by atoms with E-state index in [9.17, 15) is 9.59 Å². The van der Waals surface area contributed by atoms with Gasteiger partial charge in [0.25, 0.3) is 5.91 Å². The fourth-order valence-corrected chi connectivity index (χ4v) is 5.70. The van der Waals surface area contributed by atoms with Gasteiger partial charge in [-0.05, 0) is 54.0 Å². The Labute approximate surface area is 186 Å². The minimum Gasteiger partial charge on any atom is -0.353 e. The SMILES string of the molecule is O=C1NCCN(C(=O)c2csc3c2CCCC3)[C@@H]1Cc1ccc(-c2cccnc2)cc1. The van der Waals surface area contributed by atoms with E-state index < -0.39 is 6.04 Å². The van der Waals surface area contributed by atoms with Gasteiger partial charge in [0.1, 0.15) is 6.04 Å². The van der Waals surface area contributed by atoms with Crippen LogP contribution in [-0.4, -0.2) is 40.8 Å². The Morgan fingerprint density at radius 2 is 1.97 bits per heavy atom. The molecular weight excluding hydrogens is 406 g/mol. The number of aryl methyl sites for hydroxylation is 1. The van der Waals surface area contributed by atoms with E-state index in [2.05, 4.69) is 22.4 Å². The van der Waals surface area contributed by atoms with Crippen molar-refractivity contribution in [1.29, 1.82) is 0 Å². The molecule has 2 aliphatic rings. The normalized spacial score (nSPS) is 18.4. The zero-order valence-electron chi connectivity index (χ0n) is 17.3. The molecule has 1 saturated heterocycles. The lowest BCUT2D eigenvalue weighted by molar-refractivity contribution is -0.127. The van der Waals surface area contributed by atoms with Gasteiger partial charge >= 0.3 is 0 Å². The second-order valence-electron chi connectivity index (χ2n) is 8.21. The van der Waals surface area contributed by atoms with Crippen molar-refractivity contribution < 1.29 is 9.59 Å². The van der Waals surface area contributed by atoms with Crippen molar-refractivity contribution in [1.82, 2.24) is 15.2 Å². The molecule has 1 aliphatic carbocycles. The van der Waals surface area contributed by atoms with Crippen molar-refractivity contribution in [3.8, 4) is 11.1 Å². The highest BCUT2D eigenvalue weighted by Gasteiger charge is 2.35. The molecule has 1 atom stereocenters. The summed E-state index contributed by atoms with van der Waals surface area (Å²) in [6.07, 6.45) is 8.49. The summed E-state index contributed by atoms with van der Waals surface area (Å²) in [5.74, 6) is -0.0636. The summed E-state index contributed by atoms with van der Waals surface area (Å²) in [7, 11) is 0. The molecule has 3 heterocycles. The number of nitrogens with zero attached hydrogens (tertiary/aromatic N) is 2. The van der Waals surface area contributed by atoms with E-state index in [1.54, 1.807) is 22.4 Å². The average molecular weight is 432 g/mol. The van der Waals surface area contributed by atoms with Gasteiger partial charge in [0, 0.05) is 42.2 Å². The van der Waals surface area contributed by atoms with Crippen LogP contribution in [-0.2, 0) is 24.1 Å². The molecule has 0 spiro atoms. The van der Waals surface area contributed by atoms with E-state index >= 15 is 0 Å². The summed E-state index contributed by atoms with van der Waals surface area (Å²) in [4.78, 5) is 33.5. The van der Waals surface area contributed by atoms with E-state index in [4.69, 9.17) is 0 Å². The van der Waals surface area contributed by atoms with Crippen LogP contribution in [0, 0.1) is 0 Å². The van der Waals surface area contributed by atoms with Crippen molar-refractivity contribution in [2.45, 2.75) is 38.1 Å². The van der Waals surface area contributed by atoms with E-state index in [-0.39, 0.29) is 11.8 Å². The fourth-order valence-electron chi connectivity index (χ4n) is 4.58. The molecule has 0 bridgehead atoms. The van der Waals surface area contributed by atoms with Crippen molar-refractivity contribution in [3.63, 3.8) is 0 Å². The number of piperazine rings is 1. The summed E-state index contributed by atoms with van der Waals surface area (Å²) < 4.78 is 0.